The normalized spacial score (nSPS) is 12.6. The molecule has 0 spiro atoms. The van der Waals surface area contributed by atoms with Crippen molar-refractivity contribution in [2.75, 3.05) is 15.8 Å². The number of pyridine rings is 2. The Kier molecular flexibility index (Phi) is 6.91. The number of nitrogens with one attached hydrogen (secondary N) is 2. The van der Waals surface area contributed by atoms with Crippen molar-refractivity contribution in [3.05, 3.63) is 71.5 Å². The molecule has 1 aliphatic rings. The quantitative estimate of drug-likeness (QED) is 0.471. The van der Waals surface area contributed by atoms with E-state index < -0.39 is 10.0 Å². The number of thioether (sulfide) groups is 1. The first kappa shape index (κ1) is 22.8. The van der Waals surface area contributed by atoms with Gasteiger partial charge in [-0.3, -0.25) is 9.52 Å². The van der Waals surface area contributed by atoms with Crippen molar-refractivity contribution in [3.63, 3.8) is 0 Å². The third kappa shape index (κ3) is 5.69. The summed E-state index contributed by atoms with van der Waals surface area (Å²) in [5.41, 5.74) is 3.25. The Hall–Kier alpha value is -3.42. The van der Waals surface area contributed by atoms with E-state index in [9.17, 15) is 18.5 Å². The molecule has 2 N–H and O–H groups in total. The second-order valence-electron chi connectivity index (χ2n) is 7.40. The summed E-state index contributed by atoms with van der Waals surface area (Å²) in [4.78, 5) is 20.9. The molecular formula is C23H21N5O3S2. The summed E-state index contributed by atoms with van der Waals surface area (Å²) in [6.45, 7) is 0. The Morgan fingerprint density at radius 3 is 2.70 bits per heavy atom. The maximum absolute atomic E-state index is 12.5. The molecule has 2 heterocycles. The van der Waals surface area contributed by atoms with Crippen molar-refractivity contribution in [1.29, 1.82) is 5.26 Å². The molecule has 0 saturated carbocycles. The van der Waals surface area contributed by atoms with E-state index in [4.69, 9.17) is 0 Å². The number of carbonyl (C=O) groups is 1. The average molecular weight is 480 g/mol. The van der Waals surface area contributed by atoms with Crippen LogP contribution in [0.4, 0.5) is 11.5 Å². The topological polar surface area (TPSA) is 125 Å². The van der Waals surface area contributed by atoms with Crippen LogP contribution in [0.3, 0.4) is 0 Å². The zero-order valence-corrected chi connectivity index (χ0v) is 19.2. The van der Waals surface area contributed by atoms with Crippen molar-refractivity contribution in [2.45, 2.75) is 35.6 Å². The van der Waals surface area contributed by atoms with E-state index >= 15 is 0 Å². The minimum Gasteiger partial charge on any atom is -0.326 e. The van der Waals surface area contributed by atoms with Crippen LogP contribution in [0.2, 0.25) is 0 Å². The Labute approximate surface area is 196 Å². The van der Waals surface area contributed by atoms with Gasteiger partial charge in [-0.05, 0) is 67.3 Å². The van der Waals surface area contributed by atoms with Gasteiger partial charge in [-0.1, -0.05) is 6.07 Å². The SMILES string of the molecule is N#Cc1cc2c(nc1SCCC(=O)Nc1ccc(S(=O)(=O)Nc3ccccn3)cc1)CCC2. The number of nitrogens with zero attached hydrogens (tertiary/aromatic N) is 3. The van der Waals surface area contributed by atoms with E-state index in [2.05, 4.69) is 26.1 Å². The van der Waals surface area contributed by atoms with E-state index in [1.165, 1.54) is 42.2 Å². The van der Waals surface area contributed by atoms with Crippen molar-refractivity contribution in [2.24, 2.45) is 0 Å². The van der Waals surface area contributed by atoms with E-state index in [0.717, 1.165) is 30.5 Å². The number of amides is 1. The van der Waals surface area contributed by atoms with Gasteiger partial charge in [0.2, 0.25) is 5.91 Å². The Bertz CT molecular complexity index is 1300. The van der Waals surface area contributed by atoms with Gasteiger partial charge in [0.15, 0.2) is 0 Å². The van der Waals surface area contributed by atoms with Crippen LogP contribution in [0, 0.1) is 11.3 Å². The van der Waals surface area contributed by atoms with E-state index in [-0.39, 0.29) is 23.0 Å². The van der Waals surface area contributed by atoms with Crippen LogP contribution < -0.4 is 10.0 Å². The zero-order chi connectivity index (χ0) is 23.3. The summed E-state index contributed by atoms with van der Waals surface area (Å²) in [5.74, 6) is 0.501. The number of anilines is 2. The van der Waals surface area contributed by atoms with Gasteiger partial charge in [0.25, 0.3) is 10.0 Å². The molecule has 33 heavy (non-hydrogen) atoms. The lowest BCUT2D eigenvalue weighted by Gasteiger charge is -2.09. The third-order valence-electron chi connectivity index (χ3n) is 5.06. The van der Waals surface area contributed by atoms with Gasteiger partial charge < -0.3 is 5.32 Å². The monoisotopic (exact) mass is 479 g/mol. The number of sulfonamides is 1. The van der Waals surface area contributed by atoms with Crippen LogP contribution in [-0.2, 0) is 27.7 Å². The Balaban J connectivity index is 1.31. The first-order valence-corrected chi connectivity index (χ1v) is 12.8. The maximum atomic E-state index is 12.5. The molecule has 0 radical (unpaired) electrons. The van der Waals surface area contributed by atoms with Crippen molar-refractivity contribution in [3.8, 4) is 6.07 Å². The van der Waals surface area contributed by atoms with Crippen molar-refractivity contribution >= 4 is 39.2 Å². The lowest BCUT2D eigenvalue weighted by atomic mass is 10.2. The van der Waals surface area contributed by atoms with Gasteiger partial charge in [-0.15, -0.1) is 11.8 Å². The number of aryl methyl sites for hydroxylation is 2. The highest BCUT2D eigenvalue weighted by molar-refractivity contribution is 7.99. The molecule has 0 saturated heterocycles. The van der Waals surface area contributed by atoms with Crippen LogP contribution in [0.25, 0.3) is 0 Å². The smallest absolute Gasteiger partial charge is 0.263 e. The van der Waals surface area contributed by atoms with Crippen molar-refractivity contribution in [1.82, 2.24) is 9.97 Å². The molecule has 3 aromatic rings. The number of hydrogen-bond donors (Lipinski definition) is 2. The number of aromatic nitrogens is 2. The average Bonchev–Trinajstić information content (AvgIpc) is 3.26. The van der Waals surface area contributed by atoms with Gasteiger partial charge in [-0.25, -0.2) is 18.4 Å². The standard InChI is InChI=1S/C23H21N5O3S2/c24-15-17-14-16-4-3-5-20(16)27-23(17)32-13-11-22(29)26-18-7-9-19(10-8-18)33(30,31)28-21-6-1-2-12-25-21/h1-2,6-10,12,14H,3-5,11,13H2,(H,25,28)(H,26,29). The van der Waals surface area contributed by atoms with Gasteiger partial charge in [-0.2, -0.15) is 5.26 Å². The van der Waals surface area contributed by atoms with E-state index in [1.54, 1.807) is 18.2 Å². The highest BCUT2D eigenvalue weighted by Gasteiger charge is 2.17. The second kappa shape index (κ2) is 10.0. The second-order valence-corrected chi connectivity index (χ2v) is 10.2. The van der Waals surface area contributed by atoms with Gasteiger partial charge in [0.05, 0.1) is 10.5 Å². The fraction of sp³-hybridized carbons (Fsp3) is 0.217. The largest absolute Gasteiger partial charge is 0.326 e. The first-order valence-electron chi connectivity index (χ1n) is 10.3. The van der Waals surface area contributed by atoms with Crippen LogP contribution in [0.5, 0.6) is 0 Å². The molecule has 0 bridgehead atoms. The molecule has 2 aromatic heterocycles. The van der Waals surface area contributed by atoms with Gasteiger partial charge in [0.1, 0.15) is 16.9 Å². The summed E-state index contributed by atoms with van der Waals surface area (Å²) in [7, 11) is -3.78. The van der Waals surface area contributed by atoms with Crippen LogP contribution >= 0.6 is 11.8 Å². The zero-order valence-electron chi connectivity index (χ0n) is 17.6. The molecule has 10 heteroatoms. The molecule has 0 atom stereocenters. The number of rotatable bonds is 8. The van der Waals surface area contributed by atoms with Crippen molar-refractivity contribution < 1.29 is 13.2 Å². The highest BCUT2D eigenvalue weighted by Crippen LogP contribution is 2.28. The molecule has 0 fully saturated rings. The van der Waals surface area contributed by atoms with Crippen LogP contribution in [-0.4, -0.2) is 30.0 Å². The number of carbonyl (C=O) groups excluding carboxylic acids is 1. The van der Waals surface area contributed by atoms with E-state index in [0.29, 0.717) is 22.0 Å². The van der Waals surface area contributed by atoms with Gasteiger partial charge >= 0.3 is 0 Å². The highest BCUT2D eigenvalue weighted by atomic mass is 32.2. The molecule has 0 unspecified atom stereocenters. The molecule has 168 valence electrons. The minimum atomic E-state index is -3.78. The molecule has 0 aliphatic heterocycles. The lowest BCUT2D eigenvalue weighted by molar-refractivity contribution is -0.115. The number of fused-ring (bicyclic) bond motifs is 1. The number of nitriles is 1. The van der Waals surface area contributed by atoms with Crippen LogP contribution in [0.1, 0.15) is 29.7 Å². The fourth-order valence-electron chi connectivity index (χ4n) is 3.44. The molecule has 8 nitrogen and oxygen atoms in total. The summed E-state index contributed by atoms with van der Waals surface area (Å²) in [6.07, 6.45) is 4.68. The van der Waals surface area contributed by atoms with Gasteiger partial charge in [0, 0.05) is 29.8 Å². The molecule has 1 amide bonds. The number of hydrogen-bond acceptors (Lipinski definition) is 7. The number of benzene rings is 1. The minimum absolute atomic E-state index is 0.0634. The molecular weight excluding hydrogens is 458 g/mol. The first-order chi connectivity index (χ1) is 15.9. The predicted molar refractivity (Wildman–Crippen MR) is 126 cm³/mol. The predicted octanol–water partition coefficient (Wildman–Crippen LogP) is 3.76. The third-order valence-corrected chi connectivity index (χ3v) is 7.42. The maximum Gasteiger partial charge on any atom is 0.263 e. The summed E-state index contributed by atoms with van der Waals surface area (Å²) in [5, 5.41) is 12.8. The van der Waals surface area contributed by atoms with Crippen LogP contribution in [0.15, 0.2) is 64.6 Å². The lowest BCUT2D eigenvalue weighted by Crippen LogP contribution is -2.15. The molecule has 1 aromatic carbocycles. The Morgan fingerprint density at radius 1 is 1.15 bits per heavy atom. The molecule has 4 rings (SSSR count). The summed E-state index contributed by atoms with van der Waals surface area (Å²) < 4.78 is 27.3. The summed E-state index contributed by atoms with van der Waals surface area (Å²) >= 11 is 1.40. The molecule has 1 aliphatic carbocycles. The summed E-state index contributed by atoms with van der Waals surface area (Å²) in [6, 6.07) is 15.0. The Morgan fingerprint density at radius 2 is 1.97 bits per heavy atom. The fourth-order valence-corrected chi connectivity index (χ4v) is 5.37. The van der Waals surface area contributed by atoms with E-state index in [1.807, 2.05) is 6.07 Å².